The lowest BCUT2D eigenvalue weighted by Crippen LogP contribution is -2.44. The van der Waals surface area contributed by atoms with Crippen molar-refractivity contribution in [2.75, 3.05) is 19.7 Å². The highest BCUT2D eigenvalue weighted by Crippen LogP contribution is 2.48. The summed E-state index contributed by atoms with van der Waals surface area (Å²) >= 11 is 12.0. The van der Waals surface area contributed by atoms with Crippen LogP contribution in [0.25, 0.3) is 0 Å². The Balaban J connectivity index is 1.27. The molecule has 0 aromatic heterocycles. The van der Waals surface area contributed by atoms with Gasteiger partial charge in [0, 0.05) is 27.7 Å². The molecule has 2 atom stereocenters. The SMILES string of the molecule is Cc1cc(C2=NCC(c3cc(Cl)cc(Cl)c3)(C(F)(F)F)C2)ccc1C(=O)N[C@@H]1CON(CC2CCCCC2)C1=O. The molecule has 40 heavy (non-hydrogen) atoms. The zero-order valence-corrected chi connectivity index (χ0v) is 23.5. The number of amides is 2. The van der Waals surface area contributed by atoms with Crippen LogP contribution in [0.5, 0.6) is 0 Å². The largest absolute Gasteiger partial charge is 0.400 e. The zero-order valence-electron chi connectivity index (χ0n) is 22.0. The second kappa shape index (κ2) is 11.3. The van der Waals surface area contributed by atoms with Crippen LogP contribution in [0.2, 0.25) is 10.0 Å². The van der Waals surface area contributed by atoms with Gasteiger partial charge in [0.15, 0.2) is 0 Å². The minimum Gasteiger partial charge on any atom is -0.338 e. The van der Waals surface area contributed by atoms with Crippen molar-refractivity contribution in [3.8, 4) is 0 Å². The summed E-state index contributed by atoms with van der Waals surface area (Å²) < 4.78 is 43.3. The van der Waals surface area contributed by atoms with Crippen molar-refractivity contribution in [1.29, 1.82) is 0 Å². The van der Waals surface area contributed by atoms with Crippen molar-refractivity contribution in [1.82, 2.24) is 10.4 Å². The van der Waals surface area contributed by atoms with Gasteiger partial charge in [-0.05, 0) is 72.7 Å². The third-order valence-corrected chi connectivity index (χ3v) is 8.60. The lowest BCUT2D eigenvalue weighted by Gasteiger charge is -2.31. The molecule has 2 aromatic rings. The van der Waals surface area contributed by atoms with Gasteiger partial charge in [0.25, 0.3) is 11.8 Å². The summed E-state index contributed by atoms with van der Waals surface area (Å²) in [6.45, 7) is 1.80. The molecule has 1 aliphatic carbocycles. The number of carbonyl (C=O) groups excluding carboxylic acids is 2. The maximum atomic E-state index is 14.4. The number of carbonyl (C=O) groups is 2. The molecule has 11 heteroatoms. The minimum atomic E-state index is -4.60. The average Bonchev–Trinajstić information content (AvgIpc) is 3.50. The molecule has 1 unspecified atom stereocenters. The summed E-state index contributed by atoms with van der Waals surface area (Å²) in [7, 11) is 0. The molecule has 0 bridgehead atoms. The van der Waals surface area contributed by atoms with E-state index in [1.54, 1.807) is 25.1 Å². The van der Waals surface area contributed by atoms with Gasteiger partial charge >= 0.3 is 6.18 Å². The highest BCUT2D eigenvalue weighted by atomic mass is 35.5. The van der Waals surface area contributed by atoms with E-state index >= 15 is 0 Å². The molecule has 6 nitrogen and oxygen atoms in total. The van der Waals surface area contributed by atoms with Gasteiger partial charge in [-0.3, -0.25) is 19.4 Å². The van der Waals surface area contributed by atoms with Crippen LogP contribution in [0.4, 0.5) is 13.2 Å². The van der Waals surface area contributed by atoms with Crippen LogP contribution >= 0.6 is 23.2 Å². The van der Waals surface area contributed by atoms with Crippen molar-refractivity contribution >= 4 is 40.7 Å². The summed E-state index contributed by atoms with van der Waals surface area (Å²) in [4.78, 5) is 35.7. The van der Waals surface area contributed by atoms with E-state index in [1.807, 2.05) is 0 Å². The number of nitrogens with zero attached hydrogens (tertiary/aromatic N) is 2. The number of hydroxylamine groups is 2. The lowest BCUT2D eigenvalue weighted by atomic mass is 9.76. The van der Waals surface area contributed by atoms with Gasteiger partial charge in [0.2, 0.25) is 0 Å². The fourth-order valence-electron chi connectivity index (χ4n) is 5.86. The fourth-order valence-corrected chi connectivity index (χ4v) is 6.38. The van der Waals surface area contributed by atoms with Gasteiger partial charge in [-0.15, -0.1) is 0 Å². The van der Waals surface area contributed by atoms with Gasteiger partial charge in [-0.1, -0.05) is 48.5 Å². The van der Waals surface area contributed by atoms with E-state index in [0.717, 1.165) is 25.7 Å². The van der Waals surface area contributed by atoms with E-state index in [4.69, 9.17) is 28.0 Å². The first-order valence-electron chi connectivity index (χ1n) is 13.4. The van der Waals surface area contributed by atoms with E-state index in [1.165, 1.54) is 29.7 Å². The second-order valence-corrected chi connectivity index (χ2v) is 11.8. The topological polar surface area (TPSA) is 71.0 Å². The molecule has 2 heterocycles. The van der Waals surface area contributed by atoms with Gasteiger partial charge in [-0.25, -0.2) is 5.06 Å². The molecule has 2 fully saturated rings. The first kappa shape index (κ1) is 28.9. The molecule has 0 radical (unpaired) electrons. The van der Waals surface area contributed by atoms with Gasteiger partial charge < -0.3 is 5.32 Å². The lowest BCUT2D eigenvalue weighted by molar-refractivity contribution is -0.183. The molecule has 0 spiro atoms. The van der Waals surface area contributed by atoms with Crippen LogP contribution in [-0.4, -0.2) is 54.5 Å². The maximum absolute atomic E-state index is 14.4. The van der Waals surface area contributed by atoms with Crippen molar-refractivity contribution in [3.63, 3.8) is 0 Å². The van der Waals surface area contributed by atoms with Crippen molar-refractivity contribution < 1.29 is 27.6 Å². The van der Waals surface area contributed by atoms with E-state index in [-0.39, 0.29) is 40.3 Å². The number of hydrogen-bond donors (Lipinski definition) is 1. The Labute approximate surface area is 240 Å². The molecular weight excluding hydrogens is 566 g/mol. The third-order valence-electron chi connectivity index (χ3n) is 8.17. The van der Waals surface area contributed by atoms with Crippen LogP contribution in [0, 0.1) is 12.8 Å². The van der Waals surface area contributed by atoms with E-state index < -0.39 is 30.1 Å². The third kappa shape index (κ3) is 5.74. The van der Waals surface area contributed by atoms with E-state index in [0.29, 0.717) is 29.2 Å². The quantitative estimate of drug-likeness (QED) is 0.417. The van der Waals surface area contributed by atoms with E-state index in [2.05, 4.69) is 10.3 Å². The normalized spacial score (nSPS) is 23.9. The summed E-state index contributed by atoms with van der Waals surface area (Å²) in [5.41, 5.74) is -0.644. The number of nitrogens with one attached hydrogen (secondary N) is 1. The number of aliphatic imine (C=N–C) groups is 1. The van der Waals surface area contributed by atoms with Crippen LogP contribution in [-0.2, 0) is 15.0 Å². The number of alkyl halides is 3. The molecule has 5 rings (SSSR count). The Kier molecular flexibility index (Phi) is 8.19. The van der Waals surface area contributed by atoms with Crippen LogP contribution in [0.3, 0.4) is 0 Å². The smallest absolute Gasteiger partial charge is 0.338 e. The minimum absolute atomic E-state index is 0.0371. The zero-order chi connectivity index (χ0) is 28.7. The van der Waals surface area contributed by atoms with Crippen LogP contribution in [0.1, 0.15) is 65.6 Å². The molecule has 214 valence electrons. The molecular formula is C29H30Cl2F3N3O3. The van der Waals surface area contributed by atoms with Gasteiger partial charge in [-0.2, -0.15) is 13.2 Å². The number of hydrogen-bond acceptors (Lipinski definition) is 4. The molecule has 2 amide bonds. The molecule has 2 aromatic carbocycles. The predicted octanol–water partition coefficient (Wildman–Crippen LogP) is 6.45. The Morgan fingerprint density at radius 1 is 1.12 bits per heavy atom. The van der Waals surface area contributed by atoms with Crippen molar-refractivity contribution in [2.24, 2.45) is 10.9 Å². The summed E-state index contributed by atoms with van der Waals surface area (Å²) in [6.07, 6.45) is 0.678. The molecule has 1 saturated carbocycles. The number of rotatable bonds is 6. The number of halogens is 5. The van der Waals surface area contributed by atoms with Crippen molar-refractivity contribution in [3.05, 3.63) is 68.7 Å². The molecule has 1 N–H and O–H groups in total. The van der Waals surface area contributed by atoms with Crippen LogP contribution < -0.4 is 5.32 Å². The average molecular weight is 596 g/mol. The fraction of sp³-hybridized carbons (Fsp3) is 0.483. The first-order chi connectivity index (χ1) is 19.0. The number of aryl methyl sites for hydroxylation is 1. The molecule has 1 saturated heterocycles. The standard InChI is InChI=1S/C29H30Cl2F3N3O3/c1-17-9-19(24-13-28(16-35-24,29(32,33)34)20-10-21(30)12-22(31)11-20)7-8-23(17)26(38)36-25-15-40-37(27(25)39)14-18-5-3-2-4-6-18/h7-12,18,25H,2-6,13-16H2,1H3,(H,36,38)/t25-,28?/m1/s1. The van der Waals surface area contributed by atoms with E-state index in [9.17, 15) is 22.8 Å². The van der Waals surface area contributed by atoms with Crippen LogP contribution in [0.15, 0.2) is 41.4 Å². The highest BCUT2D eigenvalue weighted by molar-refractivity contribution is 6.34. The summed E-state index contributed by atoms with van der Waals surface area (Å²) in [5.74, 6) is -0.303. The van der Waals surface area contributed by atoms with Gasteiger partial charge in [0.1, 0.15) is 18.1 Å². The summed E-state index contributed by atoms with van der Waals surface area (Å²) in [5, 5.41) is 4.36. The first-order valence-corrected chi connectivity index (χ1v) is 14.2. The predicted molar refractivity (Wildman–Crippen MR) is 147 cm³/mol. The Hall–Kier alpha value is -2.62. The molecule has 3 aliphatic rings. The summed E-state index contributed by atoms with van der Waals surface area (Å²) in [6, 6.07) is 7.94. The van der Waals surface area contributed by atoms with Gasteiger partial charge in [0.05, 0.1) is 13.1 Å². The highest BCUT2D eigenvalue weighted by Gasteiger charge is 2.58. The Morgan fingerprint density at radius 2 is 1.82 bits per heavy atom. The Morgan fingerprint density at radius 3 is 2.48 bits per heavy atom. The monoisotopic (exact) mass is 595 g/mol. The number of benzene rings is 2. The van der Waals surface area contributed by atoms with Crippen molar-refractivity contribution in [2.45, 2.75) is 63.1 Å². The maximum Gasteiger partial charge on any atom is 0.400 e. The molecule has 2 aliphatic heterocycles. The Bertz CT molecular complexity index is 1320. The second-order valence-electron chi connectivity index (χ2n) is 10.9.